The van der Waals surface area contributed by atoms with Gasteiger partial charge in [0.1, 0.15) is 6.10 Å². The van der Waals surface area contributed by atoms with Gasteiger partial charge in [0, 0.05) is 23.0 Å². The van der Waals surface area contributed by atoms with Gasteiger partial charge in [0.25, 0.3) is 0 Å². The van der Waals surface area contributed by atoms with Gasteiger partial charge in [-0.3, -0.25) is 4.79 Å². The van der Waals surface area contributed by atoms with Crippen molar-refractivity contribution >= 4 is 33.7 Å². The molecule has 1 N–H and O–H groups in total. The molecule has 0 spiro atoms. The van der Waals surface area contributed by atoms with E-state index in [0.717, 1.165) is 6.08 Å². The van der Waals surface area contributed by atoms with Crippen molar-refractivity contribution in [2.45, 2.75) is 47.2 Å². The van der Waals surface area contributed by atoms with E-state index < -0.39 is 28.1 Å². The molecule has 0 aromatic carbocycles. The summed E-state index contributed by atoms with van der Waals surface area (Å²) in [7, 11) is -3.26. The molecule has 0 aromatic rings. The predicted octanol–water partition coefficient (Wildman–Crippen LogP) is -0.0345. The van der Waals surface area contributed by atoms with E-state index in [9.17, 15) is 18.0 Å². The third kappa shape index (κ3) is 2.77. The highest BCUT2D eigenvalue weighted by molar-refractivity contribution is 8.03. The molecule has 9 heteroatoms. The van der Waals surface area contributed by atoms with E-state index in [0.29, 0.717) is 12.8 Å². The first kappa shape index (κ1) is 15.8. The smallest absolute Gasteiger partial charge is 0.330 e. The summed E-state index contributed by atoms with van der Waals surface area (Å²) < 4.78 is 36.6. The minimum absolute atomic E-state index is 0.0126. The molecule has 3 aliphatic heterocycles. The third-order valence-electron chi connectivity index (χ3n) is 4.14. The molecule has 3 heterocycles. The molecule has 122 valence electrons. The number of thioether (sulfide) groups is 1. The van der Waals surface area contributed by atoms with Gasteiger partial charge in [-0.15, -0.1) is 11.8 Å². The Hall–Kier alpha value is -1.06. The number of esters is 2. The average molecular weight is 347 g/mol. The quantitative estimate of drug-likeness (QED) is 0.409. The van der Waals surface area contributed by atoms with Crippen molar-refractivity contribution in [3.8, 4) is 0 Å². The largest absolute Gasteiger partial charge is 0.463 e. The molecule has 2 bridgehead atoms. The van der Waals surface area contributed by atoms with Crippen LogP contribution < -0.4 is 4.72 Å². The number of hydrogen-bond acceptors (Lipinski definition) is 7. The molecular formula is C13H17NO6S2. The zero-order valence-corrected chi connectivity index (χ0v) is 13.4. The van der Waals surface area contributed by atoms with E-state index in [1.165, 1.54) is 0 Å². The summed E-state index contributed by atoms with van der Waals surface area (Å²) in [5, 5.41) is -0.311. The molecule has 5 atom stereocenters. The first-order chi connectivity index (χ1) is 10.4. The molecule has 3 fully saturated rings. The number of nitrogens with one attached hydrogen (secondary N) is 1. The lowest BCUT2D eigenvalue weighted by Gasteiger charge is -2.24. The standard InChI is InChI=1S/C13H17NO6S2/c1-2-9(15)19-5-3-4-10(16)20-12-7-6-8-13(21-7)11(12)14-22(8,17)18/h2,7-8,11-14H,1,3-6H2. The Balaban J connectivity index is 1.47. The van der Waals surface area contributed by atoms with Crippen LogP contribution in [0.1, 0.15) is 19.3 Å². The highest BCUT2D eigenvalue weighted by Gasteiger charge is 2.64. The van der Waals surface area contributed by atoms with Gasteiger partial charge in [-0.25, -0.2) is 17.9 Å². The molecule has 3 rings (SSSR count). The zero-order chi connectivity index (χ0) is 15.9. The number of sulfonamides is 1. The van der Waals surface area contributed by atoms with E-state index in [-0.39, 0.29) is 34.8 Å². The summed E-state index contributed by atoms with van der Waals surface area (Å²) in [5.74, 6) is -0.917. The van der Waals surface area contributed by atoms with E-state index in [4.69, 9.17) is 9.47 Å². The van der Waals surface area contributed by atoms with Crippen LogP contribution >= 0.6 is 11.8 Å². The number of carbonyl (C=O) groups excluding carboxylic acids is 2. The second-order valence-electron chi connectivity index (χ2n) is 5.53. The van der Waals surface area contributed by atoms with Gasteiger partial charge in [0.15, 0.2) is 0 Å². The molecule has 0 aliphatic carbocycles. The van der Waals surface area contributed by atoms with Crippen molar-refractivity contribution < 1.29 is 27.5 Å². The van der Waals surface area contributed by atoms with E-state index >= 15 is 0 Å². The van der Waals surface area contributed by atoms with Crippen molar-refractivity contribution in [2.24, 2.45) is 0 Å². The second kappa shape index (κ2) is 5.86. The number of rotatable bonds is 6. The number of hydrogen-bond donors (Lipinski definition) is 1. The summed E-state index contributed by atoms with van der Waals surface area (Å²) >= 11 is 1.60. The molecule has 0 aromatic heterocycles. The van der Waals surface area contributed by atoms with Crippen LogP contribution in [-0.2, 0) is 29.1 Å². The maximum absolute atomic E-state index is 11.9. The van der Waals surface area contributed by atoms with Crippen molar-refractivity contribution in [3.63, 3.8) is 0 Å². The minimum Gasteiger partial charge on any atom is -0.463 e. The van der Waals surface area contributed by atoms with Crippen LogP contribution in [-0.4, -0.2) is 54.9 Å². The van der Waals surface area contributed by atoms with Gasteiger partial charge in [0.2, 0.25) is 10.0 Å². The molecule has 5 unspecified atom stereocenters. The number of fused-ring (bicyclic) bond motifs is 1. The fraction of sp³-hybridized carbons (Fsp3) is 0.692. The molecule has 0 amide bonds. The Bertz CT molecular complexity index is 604. The highest BCUT2D eigenvalue weighted by atomic mass is 32.2. The first-order valence-electron chi connectivity index (χ1n) is 7.07. The van der Waals surface area contributed by atoms with Gasteiger partial charge in [-0.1, -0.05) is 6.58 Å². The normalized spacial score (nSPS) is 37.0. The van der Waals surface area contributed by atoms with Gasteiger partial charge in [-0.05, 0) is 12.8 Å². The van der Waals surface area contributed by atoms with E-state index in [2.05, 4.69) is 11.3 Å². The van der Waals surface area contributed by atoms with Gasteiger partial charge >= 0.3 is 11.9 Å². The minimum atomic E-state index is -3.26. The summed E-state index contributed by atoms with van der Waals surface area (Å²) in [5.41, 5.74) is 0. The summed E-state index contributed by atoms with van der Waals surface area (Å²) in [4.78, 5) is 22.7. The SMILES string of the molecule is C=CC(=O)OCCCC(=O)OC1C2CC3C(S2)C1NS3(=O)=O. The molecule has 3 aliphatic rings. The lowest BCUT2D eigenvalue weighted by molar-refractivity contribution is -0.151. The van der Waals surface area contributed by atoms with Gasteiger partial charge in [-0.2, -0.15) is 0 Å². The van der Waals surface area contributed by atoms with Crippen LogP contribution in [0.3, 0.4) is 0 Å². The number of ether oxygens (including phenoxy) is 2. The van der Waals surface area contributed by atoms with Crippen LogP contribution in [0.4, 0.5) is 0 Å². The second-order valence-corrected chi connectivity index (χ2v) is 8.88. The molecule has 0 saturated carbocycles. The van der Waals surface area contributed by atoms with Gasteiger partial charge < -0.3 is 9.47 Å². The zero-order valence-electron chi connectivity index (χ0n) is 11.8. The Kier molecular flexibility index (Phi) is 4.21. The number of carbonyl (C=O) groups is 2. The topological polar surface area (TPSA) is 98.8 Å². The lowest BCUT2D eigenvalue weighted by Crippen LogP contribution is -2.45. The molecule has 0 radical (unpaired) electrons. The Morgan fingerprint density at radius 3 is 2.91 bits per heavy atom. The van der Waals surface area contributed by atoms with Crippen LogP contribution in [0.15, 0.2) is 12.7 Å². The first-order valence-corrected chi connectivity index (χ1v) is 9.56. The molecular weight excluding hydrogens is 330 g/mol. The third-order valence-corrected chi connectivity index (χ3v) is 7.94. The van der Waals surface area contributed by atoms with Crippen LogP contribution in [0.5, 0.6) is 0 Å². The van der Waals surface area contributed by atoms with Crippen LogP contribution in [0.25, 0.3) is 0 Å². The fourth-order valence-electron chi connectivity index (χ4n) is 3.18. The average Bonchev–Trinajstić information content (AvgIpc) is 3.07. The Labute approximate surface area is 132 Å². The van der Waals surface area contributed by atoms with E-state index in [1.807, 2.05) is 0 Å². The van der Waals surface area contributed by atoms with Crippen LogP contribution in [0.2, 0.25) is 0 Å². The Morgan fingerprint density at radius 2 is 2.18 bits per heavy atom. The van der Waals surface area contributed by atoms with Crippen molar-refractivity contribution in [3.05, 3.63) is 12.7 Å². The van der Waals surface area contributed by atoms with E-state index in [1.54, 1.807) is 11.8 Å². The molecule has 3 saturated heterocycles. The van der Waals surface area contributed by atoms with Crippen molar-refractivity contribution in [2.75, 3.05) is 6.61 Å². The maximum Gasteiger partial charge on any atom is 0.330 e. The summed E-state index contributed by atoms with van der Waals surface area (Å²) in [6.07, 6.45) is 1.70. The van der Waals surface area contributed by atoms with Crippen molar-refractivity contribution in [1.29, 1.82) is 0 Å². The van der Waals surface area contributed by atoms with Crippen LogP contribution in [0, 0.1) is 0 Å². The molecule has 22 heavy (non-hydrogen) atoms. The predicted molar refractivity (Wildman–Crippen MR) is 79.7 cm³/mol. The lowest BCUT2D eigenvalue weighted by atomic mass is 9.93. The Morgan fingerprint density at radius 1 is 1.41 bits per heavy atom. The summed E-state index contributed by atoms with van der Waals surface area (Å²) in [6.45, 7) is 3.40. The van der Waals surface area contributed by atoms with Crippen molar-refractivity contribution in [1.82, 2.24) is 4.72 Å². The maximum atomic E-state index is 11.9. The highest BCUT2D eigenvalue weighted by Crippen LogP contribution is 2.53. The van der Waals surface area contributed by atoms with Gasteiger partial charge in [0.05, 0.1) is 17.9 Å². The monoisotopic (exact) mass is 347 g/mol. The summed E-state index contributed by atoms with van der Waals surface area (Å²) in [6, 6.07) is -0.304. The fourth-order valence-corrected chi connectivity index (χ4v) is 7.61. The molecule has 7 nitrogen and oxygen atoms in total.